The first-order chi connectivity index (χ1) is 11.2. The van der Waals surface area contributed by atoms with Crippen LogP contribution in [0.3, 0.4) is 0 Å². The van der Waals surface area contributed by atoms with Gasteiger partial charge in [-0.1, -0.05) is 0 Å². The molecule has 0 saturated carbocycles. The van der Waals surface area contributed by atoms with Crippen molar-refractivity contribution in [3.63, 3.8) is 0 Å². The number of furan rings is 1. The quantitative estimate of drug-likeness (QED) is 0.453. The van der Waals surface area contributed by atoms with E-state index in [-0.39, 0.29) is 18.2 Å². The summed E-state index contributed by atoms with van der Waals surface area (Å²) < 4.78 is 13.2. The molecule has 1 aromatic rings. The molecule has 1 heterocycles. The van der Waals surface area contributed by atoms with Crippen LogP contribution in [0.1, 0.15) is 51.1 Å². The Morgan fingerprint density at radius 1 is 1.08 bits per heavy atom. The fourth-order valence-corrected chi connectivity index (χ4v) is 1.07. The SMILES string of the molecule is CC(=O)OC(C)=O.CCOC(=O)CCC(C)=O.O=Cc1ccco1. The molecular formula is C16H22O8. The van der Waals surface area contributed by atoms with Gasteiger partial charge in [-0.05, 0) is 26.0 Å². The fourth-order valence-electron chi connectivity index (χ4n) is 1.07. The van der Waals surface area contributed by atoms with Crippen molar-refractivity contribution in [3.8, 4) is 0 Å². The summed E-state index contributed by atoms with van der Waals surface area (Å²) in [5, 5.41) is 0. The van der Waals surface area contributed by atoms with Crippen molar-refractivity contribution < 1.29 is 37.9 Å². The van der Waals surface area contributed by atoms with Crippen LogP contribution < -0.4 is 0 Å². The molecule has 0 aliphatic heterocycles. The van der Waals surface area contributed by atoms with E-state index in [1.165, 1.54) is 27.0 Å². The van der Waals surface area contributed by atoms with E-state index in [2.05, 4.69) is 13.9 Å². The lowest BCUT2D eigenvalue weighted by atomic mass is 10.2. The van der Waals surface area contributed by atoms with Gasteiger partial charge in [-0.3, -0.25) is 19.2 Å². The van der Waals surface area contributed by atoms with Crippen LogP contribution in [0.2, 0.25) is 0 Å². The normalized spacial score (nSPS) is 8.50. The van der Waals surface area contributed by atoms with Gasteiger partial charge in [-0.25, -0.2) is 0 Å². The number of carbonyl (C=O) groups excluding carboxylic acids is 5. The summed E-state index contributed by atoms with van der Waals surface area (Å²) in [6, 6.07) is 3.27. The molecule has 0 unspecified atom stereocenters. The first kappa shape index (κ1) is 23.5. The molecule has 8 heteroatoms. The topological polar surface area (TPSA) is 117 Å². The molecule has 0 N–H and O–H groups in total. The van der Waals surface area contributed by atoms with Crippen molar-refractivity contribution in [1.82, 2.24) is 0 Å². The van der Waals surface area contributed by atoms with Crippen LogP contribution >= 0.6 is 0 Å². The maximum atomic E-state index is 10.6. The number of rotatable bonds is 5. The van der Waals surface area contributed by atoms with Gasteiger partial charge in [0.05, 0.1) is 19.3 Å². The Hall–Kier alpha value is -2.77. The predicted octanol–water partition coefficient (Wildman–Crippen LogP) is 2.11. The molecule has 0 saturated heterocycles. The number of hydrogen-bond acceptors (Lipinski definition) is 8. The Labute approximate surface area is 140 Å². The molecule has 0 aliphatic rings. The van der Waals surface area contributed by atoms with Gasteiger partial charge < -0.3 is 18.7 Å². The van der Waals surface area contributed by atoms with Crippen LogP contribution in [0.15, 0.2) is 22.8 Å². The van der Waals surface area contributed by atoms with Crippen LogP contribution in [0, 0.1) is 0 Å². The molecule has 0 radical (unpaired) electrons. The standard InChI is InChI=1S/C7H12O3.C5H4O2.C4H6O3/c1-3-10-7(9)5-4-6(2)8;6-4-5-2-1-3-7-5;1-3(5)7-4(2)6/h3-5H2,1-2H3;1-4H;1-2H3. The third kappa shape index (κ3) is 19.2. The Bertz CT molecular complexity index is 504. The molecule has 1 aromatic heterocycles. The monoisotopic (exact) mass is 342 g/mol. The zero-order valence-corrected chi connectivity index (χ0v) is 14.2. The molecule has 0 spiro atoms. The smallest absolute Gasteiger partial charge is 0.310 e. The summed E-state index contributed by atoms with van der Waals surface area (Å²) in [7, 11) is 0. The van der Waals surface area contributed by atoms with Gasteiger partial charge in [-0.15, -0.1) is 0 Å². The van der Waals surface area contributed by atoms with Crippen LogP contribution in [-0.2, 0) is 28.7 Å². The summed E-state index contributed by atoms with van der Waals surface area (Å²) in [5.41, 5.74) is 0. The number of aldehydes is 1. The van der Waals surface area contributed by atoms with E-state index in [1.54, 1.807) is 19.1 Å². The molecule has 1 rings (SSSR count). The number of esters is 3. The highest BCUT2D eigenvalue weighted by Crippen LogP contribution is 1.93. The van der Waals surface area contributed by atoms with Gasteiger partial charge in [0.2, 0.25) is 0 Å². The van der Waals surface area contributed by atoms with Crippen LogP contribution in [0.4, 0.5) is 0 Å². The number of ketones is 1. The lowest BCUT2D eigenvalue weighted by Crippen LogP contribution is -2.05. The minimum Gasteiger partial charge on any atom is -0.466 e. The van der Waals surface area contributed by atoms with E-state index in [0.29, 0.717) is 25.1 Å². The van der Waals surface area contributed by atoms with Crippen molar-refractivity contribution in [2.75, 3.05) is 6.61 Å². The molecule has 0 bridgehead atoms. The molecular weight excluding hydrogens is 320 g/mol. The van der Waals surface area contributed by atoms with Crippen molar-refractivity contribution >= 4 is 30.0 Å². The Kier molecular flexibility index (Phi) is 14.8. The van der Waals surface area contributed by atoms with E-state index in [0.717, 1.165) is 0 Å². The molecule has 0 aromatic carbocycles. The molecule has 0 fully saturated rings. The van der Waals surface area contributed by atoms with E-state index >= 15 is 0 Å². The summed E-state index contributed by atoms with van der Waals surface area (Å²) >= 11 is 0. The maximum Gasteiger partial charge on any atom is 0.310 e. The number of ether oxygens (including phenoxy) is 2. The van der Waals surface area contributed by atoms with E-state index in [4.69, 9.17) is 0 Å². The van der Waals surface area contributed by atoms with Gasteiger partial charge in [0.15, 0.2) is 12.0 Å². The minimum atomic E-state index is -0.562. The van der Waals surface area contributed by atoms with Gasteiger partial charge in [0, 0.05) is 20.3 Å². The van der Waals surface area contributed by atoms with Crippen molar-refractivity contribution in [1.29, 1.82) is 0 Å². The Morgan fingerprint density at radius 3 is 1.92 bits per heavy atom. The second-order valence-electron chi connectivity index (χ2n) is 4.23. The lowest BCUT2D eigenvalue weighted by molar-refractivity contribution is -0.156. The first-order valence-corrected chi connectivity index (χ1v) is 7.05. The Morgan fingerprint density at radius 2 is 1.67 bits per heavy atom. The summed E-state index contributed by atoms with van der Waals surface area (Å²) in [6.07, 6.45) is 2.63. The van der Waals surface area contributed by atoms with Crippen LogP contribution in [0.5, 0.6) is 0 Å². The lowest BCUT2D eigenvalue weighted by Gasteiger charge is -1.97. The third-order valence-corrected chi connectivity index (χ3v) is 1.93. The Balaban J connectivity index is 0. The highest BCUT2D eigenvalue weighted by Gasteiger charge is 2.02. The predicted molar refractivity (Wildman–Crippen MR) is 83.1 cm³/mol. The highest BCUT2D eigenvalue weighted by molar-refractivity contribution is 5.82. The average Bonchev–Trinajstić information content (AvgIpc) is 2.98. The first-order valence-electron chi connectivity index (χ1n) is 7.05. The molecule has 0 atom stereocenters. The fraction of sp³-hybridized carbons (Fsp3) is 0.438. The van der Waals surface area contributed by atoms with Crippen molar-refractivity contribution in [2.45, 2.75) is 40.5 Å². The molecule has 134 valence electrons. The third-order valence-electron chi connectivity index (χ3n) is 1.93. The van der Waals surface area contributed by atoms with Gasteiger partial charge in [0.25, 0.3) is 0 Å². The summed E-state index contributed by atoms with van der Waals surface area (Å²) in [4.78, 5) is 50.3. The number of carbonyl (C=O) groups is 5. The molecule has 0 aliphatic carbocycles. The summed E-state index contributed by atoms with van der Waals surface area (Å²) in [6.45, 7) is 5.95. The number of Topliss-reactive ketones (excluding diaryl/α,β-unsaturated/α-hetero) is 1. The minimum absolute atomic E-state index is 0.0213. The second kappa shape index (κ2) is 15.1. The summed E-state index contributed by atoms with van der Waals surface area (Å²) in [5.74, 6) is -1.02. The van der Waals surface area contributed by atoms with Crippen molar-refractivity contribution in [3.05, 3.63) is 24.2 Å². The van der Waals surface area contributed by atoms with Crippen LogP contribution in [-0.4, -0.2) is 36.6 Å². The van der Waals surface area contributed by atoms with Crippen molar-refractivity contribution in [2.24, 2.45) is 0 Å². The zero-order valence-electron chi connectivity index (χ0n) is 14.2. The zero-order chi connectivity index (χ0) is 19.0. The highest BCUT2D eigenvalue weighted by atomic mass is 16.6. The van der Waals surface area contributed by atoms with Gasteiger partial charge >= 0.3 is 17.9 Å². The van der Waals surface area contributed by atoms with Gasteiger partial charge in [-0.2, -0.15) is 0 Å². The second-order valence-corrected chi connectivity index (χ2v) is 4.23. The van der Waals surface area contributed by atoms with Crippen LogP contribution in [0.25, 0.3) is 0 Å². The average molecular weight is 342 g/mol. The van der Waals surface area contributed by atoms with E-state index in [1.807, 2.05) is 0 Å². The van der Waals surface area contributed by atoms with E-state index < -0.39 is 11.9 Å². The number of hydrogen-bond donors (Lipinski definition) is 0. The van der Waals surface area contributed by atoms with E-state index in [9.17, 15) is 24.0 Å². The van der Waals surface area contributed by atoms with Gasteiger partial charge in [0.1, 0.15) is 5.78 Å². The molecule has 0 amide bonds. The largest absolute Gasteiger partial charge is 0.466 e. The molecule has 24 heavy (non-hydrogen) atoms. The maximum absolute atomic E-state index is 10.6. The molecule has 8 nitrogen and oxygen atoms in total.